The molecule has 0 saturated carbocycles. The summed E-state index contributed by atoms with van der Waals surface area (Å²) in [6.45, 7) is 6.23. The van der Waals surface area contributed by atoms with Crippen LogP contribution >= 0.6 is 24.0 Å². The van der Waals surface area contributed by atoms with Crippen molar-refractivity contribution in [3.63, 3.8) is 0 Å². The summed E-state index contributed by atoms with van der Waals surface area (Å²) in [5.41, 5.74) is 6.52. The fourth-order valence-electron chi connectivity index (χ4n) is 3.01. The van der Waals surface area contributed by atoms with Crippen molar-refractivity contribution in [3.8, 4) is 0 Å². The van der Waals surface area contributed by atoms with Gasteiger partial charge in [-0.3, -0.25) is 9.79 Å². The van der Waals surface area contributed by atoms with Gasteiger partial charge in [-0.05, 0) is 25.8 Å². The Bertz CT molecular complexity index is 605. The van der Waals surface area contributed by atoms with Crippen LogP contribution in [0.1, 0.15) is 25.3 Å². The third kappa shape index (κ3) is 7.49. The molecule has 152 valence electrons. The second kappa shape index (κ2) is 12.7. The first-order valence-electron chi connectivity index (χ1n) is 9.16. The summed E-state index contributed by atoms with van der Waals surface area (Å²) >= 11 is 0. The maximum Gasteiger partial charge on any atom is 0.220 e. The number of aliphatic imine (C=N–C) groups is 1. The molecule has 27 heavy (non-hydrogen) atoms. The van der Waals surface area contributed by atoms with Crippen molar-refractivity contribution in [2.75, 3.05) is 44.8 Å². The zero-order valence-electron chi connectivity index (χ0n) is 16.1. The Labute approximate surface area is 178 Å². The number of carbonyl (C=O) groups excluding carboxylic acids is 1. The average molecular weight is 490 g/mol. The highest BCUT2D eigenvalue weighted by molar-refractivity contribution is 14.0. The van der Waals surface area contributed by atoms with Crippen LogP contribution in [0, 0.1) is 5.92 Å². The van der Waals surface area contributed by atoms with Gasteiger partial charge < -0.3 is 26.0 Å². The molecule has 2 heterocycles. The van der Waals surface area contributed by atoms with Crippen molar-refractivity contribution >= 4 is 41.7 Å². The summed E-state index contributed by atoms with van der Waals surface area (Å²) in [7, 11) is 1.74. The van der Waals surface area contributed by atoms with Gasteiger partial charge in [0.25, 0.3) is 0 Å². The van der Waals surface area contributed by atoms with Gasteiger partial charge in [0.2, 0.25) is 5.91 Å². The number of hydrogen-bond donors (Lipinski definition) is 3. The van der Waals surface area contributed by atoms with Crippen LogP contribution in [-0.4, -0.2) is 56.7 Å². The van der Waals surface area contributed by atoms with Gasteiger partial charge in [0.15, 0.2) is 5.96 Å². The minimum Gasteiger partial charge on any atom is -0.380 e. The molecule has 0 unspecified atom stereocenters. The first-order chi connectivity index (χ1) is 12.7. The lowest BCUT2D eigenvalue weighted by molar-refractivity contribution is -0.122. The first kappa shape index (κ1) is 23.4. The van der Waals surface area contributed by atoms with E-state index in [0.717, 1.165) is 43.3 Å². The Hall–Kier alpha value is -1.62. The smallest absolute Gasteiger partial charge is 0.220 e. The van der Waals surface area contributed by atoms with Crippen molar-refractivity contribution in [1.29, 1.82) is 0 Å². The molecule has 1 aliphatic rings. The van der Waals surface area contributed by atoms with Gasteiger partial charge in [-0.1, -0.05) is 6.07 Å². The van der Waals surface area contributed by atoms with Gasteiger partial charge in [-0.15, -0.1) is 24.0 Å². The lowest BCUT2D eigenvalue weighted by Gasteiger charge is -2.32. The fourth-order valence-corrected chi connectivity index (χ4v) is 3.01. The fraction of sp³-hybridized carbons (Fsp3) is 0.611. The Morgan fingerprint density at radius 1 is 1.41 bits per heavy atom. The van der Waals surface area contributed by atoms with E-state index < -0.39 is 0 Å². The Balaban J connectivity index is 0.00000364. The SMILES string of the molecule is CCOCCNC(=NC)NCc1cccnc1N1CCC(C(N)=O)CC1.I. The molecule has 2 rings (SSSR count). The van der Waals surface area contributed by atoms with Crippen LogP contribution < -0.4 is 21.3 Å². The number of nitrogens with two attached hydrogens (primary N) is 1. The van der Waals surface area contributed by atoms with E-state index in [-0.39, 0.29) is 35.8 Å². The molecule has 0 radical (unpaired) electrons. The van der Waals surface area contributed by atoms with Gasteiger partial charge >= 0.3 is 0 Å². The van der Waals surface area contributed by atoms with Crippen LogP contribution in [0.4, 0.5) is 5.82 Å². The number of hydrogen-bond acceptors (Lipinski definition) is 5. The van der Waals surface area contributed by atoms with Crippen LogP contribution in [0.25, 0.3) is 0 Å². The van der Waals surface area contributed by atoms with E-state index in [2.05, 4.69) is 31.6 Å². The van der Waals surface area contributed by atoms with Crippen molar-refractivity contribution in [3.05, 3.63) is 23.9 Å². The number of rotatable bonds is 8. The van der Waals surface area contributed by atoms with E-state index >= 15 is 0 Å². The van der Waals surface area contributed by atoms with Gasteiger partial charge in [0, 0.05) is 57.5 Å². The number of amides is 1. The number of pyridine rings is 1. The maximum absolute atomic E-state index is 11.4. The quantitative estimate of drug-likeness (QED) is 0.218. The molecule has 1 saturated heterocycles. The number of guanidine groups is 1. The number of nitrogens with one attached hydrogen (secondary N) is 2. The molecule has 1 aromatic rings. The molecule has 0 bridgehead atoms. The predicted molar refractivity (Wildman–Crippen MR) is 118 cm³/mol. The summed E-state index contributed by atoms with van der Waals surface area (Å²) in [5, 5.41) is 6.53. The molecule has 0 spiro atoms. The molecule has 9 heteroatoms. The number of ether oxygens (including phenoxy) is 1. The highest BCUT2D eigenvalue weighted by atomic mass is 127. The number of primary amides is 1. The number of halogens is 1. The maximum atomic E-state index is 11.4. The third-order valence-electron chi connectivity index (χ3n) is 4.48. The zero-order chi connectivity index (χ0) is 18.8. The minimum absolute atomic E-state index is 0. The van der Waals surface area contributed by atoms with Crippen LogP contribution in [0.15, 0.2) is 23.3 Å². The summed E-state index contributed by atoms with van der Waals surface area (Å²) in [5.74, 6) is 1.46. The number of piperidine rings is 1. The van der Waals surface area contributed by atoms with Crippen molar-refractivity contribution in [2.45, 2.75) is 26.3 Å². The van der Waals surface area contributed by atoms with E-state index in [1.54, 1.807) is 13.2 Å². The van der Waals surface area contributed by atoms with Crippen molar-refractivity contribution in [1.82, 2.24) is 15.6 Å². The van der Waals surface area contributed by atoms with Crippen LogP contribution in [0.2, 0.25) is 0 Å². The lowest BCUT2D eigenvalue weighted by atomic mass is 9.96. The van der Waals surface area contributed by atoms with Gasteiger partial charge in [-0.2, -0.15) is 0 Å². The number of nitrogens with zero attached hydrogens (tertiary/aromatic N) is 3. The van der Waals surface area contributed by atoms with E-state index in [0.29, 0.717) is 26.3 Å². The topological polar surface area (TPSA) is 105 Å². The van der Waals surface area contributed by atoms with Gasteiger partial charge in [0.05, 0.1) is 6.61 Å². The largest absolute Gasteiger partial charge is 0.380 e. The normalized spacial score (nSPS) is 15.2. The highest BCUT2D eigenvalue weighted by Gasteiger charge is 2.24. The second-order valence-electron chi connectivity index (χ2n) is 6.20. The van der Waals surface area contributed by atoms with E-state index in [4.69, 9.17) is 10.5 Å². The Morgan fingerprint density at radius 3 is 2.78 bits per heavy atom. The monoisotopic (exact) mass is 490 g/mol. The van der Waals surface area contributed by atoms with E-state index in [1.165, 1.54) is 0 Å². The number of anilines is 1. The Kier molecular flexibility index (Phi) is 11.0. The van der Waals surface area contributed by atoms with Gasteiger partial charge in [-0.25, -0.2) is 4.98 Å². The van der Waals surface area contributed by atoms with Crippen molar-refractivity contribution < 1.29 is 9.53 Å². The lowest BCUT2D eigenvalue weighted by Crippen LogP contribution is -2.40. The molecule has 1 aliphatic heterocycles. The minimum atomic E-state index is -0.200. The summed E-state index contributed by atoms with van der Waals surface area (Å²) in [6, 6.07) is 3.99. The second-order valence-corrected chi connectivity index (χ2v) is 6.20. The van der Waals surface area contributed by atoms with Crippen LogP contribution in [-0.2, 0) is 16.1 Å². The Morgan fingerprint density at radius 2 is 2.15 bits per heavy atom. The molecule has 8 nitrogen and oxygen atoms in total. The van der Waals surface area contributed by atoms with E-state index in [9.17, 15) is 4.79 Å². The molecule has 0 aliphatic carbocycles. The molecule has 0 atom stereocenters. The molecule has 1 fully saturated rings. The van der Waals surface area contributed by atoms with Crippen LogP contribution in [0.5, 0.6) is 0 Å². The van der Waals surface area contributed by atoms with Crippen molar-refractivity contribution in [2.24, 2.45) is 16.6 Å². The van der Waals surface area contributed by atoms with E-state index in [1.807, 2.05) is 13.0 Å². The number of carbonyl (C=O) groups is 1. The standard InChI is InChI=1S/C18H30N6O2.HI/c1-3-26-12-9-22-18(20-2)23-13-15-5-4-8-21-17(15)24-10-6-14(7-11-24)16(19)25;/h4-5,8,14H,3,6-7,9-13H2,1-2H3,(H2,19,25)(H2,20,22,23);1H. The zero-order valence-corrected chi connectivity index (χ0v) is 18.4. The molecular formula is C18H31IN6O2. The third-order valence-corrected chi connectivity index (χ3v) is 4.48. The van der Waals surface area contributed by atoms with Crippen LogP contribution in [0.3, 0.4) is 0 Å². The molecule has 1 aromatic heterocycles. The summed E-state index contributed by atoms with van der Waals surface area (Å²) in [4.78, 5) is 22.4. The summed E-state index contributed by atoms with van der Waals surface area (Å²) < 4.78 is 5.32. The highest BCUT2D eigenvalue weighted by Crippen LogP contribution is 2.24. The number of aromatic nitrogens is 1. The molecule has 1 amide bonds. The van der Waals surface area contributed by atoms with Gasteiger partial charge in [0.1, 0.15) is 5.82 Å². The molecule has 0 aromatic carbocycles. The molecular weight excluding hydrogens is 459 g/mol. The average Bonchev–Trinajstić information content (AvgIpc) is 2.68. The first-order valence-corrected chi connectivity index (χ1v) is 9.16. The molecule has 4 N–H and O–H groups in total. The predicted octanol–water partition coefficient (Wildman–Crippen LogP) is 1.10. The summed E-state index contributed by atoms with van der Waals surface area (Å²) in [6.07, 6.45) is 3.35.